The highest BCUT2D eigenvalue weighted by molar-refractivity contribution is 6.87. The van der Waals surface area contributed by atoms with E-state index in [-0.39, 0.29) is 5.04 Å². The van der Waals surface area contributed by atoms with Crippen LogP contribution in [0.2, 0.25) is 18.1 Å². The van der Waals surface area contributed by atoms with Gasteiger partial charge in [-0.1, -0.05) is 39.8 Å². The zero-order valence-electron chi connectivity index (χ0n) is 12.3. The summed E-state index contributed by atoms with van der Waals surface area (Å²) in [5.41, 5.74) is 3.33. The Hall–Kier alpha value is -1.21. The van der Waals surface area contributed by atoms with Crippen LogP contribution in [0.4, 0.5) is 0 Å². The third kappa shape index (κ3) is 6.50. The molecule has 4 heteroatoms. The van der Waals surface area contributed by atoms with Gasteiger partial charge >= 0.3 is 5.97 Å². The average molecular weight is 268 g/mol. The van der Waals surface area contributed by atoms with Crippen LogP contribution in [0.15, 0.2) is 12.3 Å². The summed E-state index contributed by atoms with van der Waals surface area (Å²) in [7, 11) is -1.56. The molecule has 0 aromatic carbocycles. The van der Waals surface area contributed by atoms with Gasteiger partial charge in [-0.3, -0.25) is 0 Å². The van der Waals surface area contributed by atoms with Crippen LogP contribution in [0.5, 0.6) is 0 Å². The average Bonchev–Trinajstić information content (AvgIpc) is 2.21. The lowest BCUT2D eigenvalue weighted by molar-refractivity contribution is -0.137. The molecule has 0 N–H and O–H groups in total. The highest BCUT2D eigenvalue weighted by Crippen LogP contribution is 2.34. The molecule has 3 nitrogen and oxygen atoms in total. The van der Waals surface area contributed by atoms with Crippen LogP contribution in [0.25, 0.3) is 0 Å². The predicted octanol–water partition coefficient (Wildman–Crippen LogP) is 3.13. The zero-order chi connectivity index (χ0) is 14.2. The second kappa shape index (κ2) is 7.27. The highest BCUT2D eigenvalue weighted by Gasteiger charge is 2.33. The highest BCUT2D eigenvalue weighted by atomic mass is 28.3. The van der Waals surface area contributed by atoms with E-state index in [9.17, 15) is 4.79 Å². The van der Waals surface area contributed by atoms with Crippen molar-refractivity contribution in [2.24, 2.45) is 0 Å². The fourth-order valence-corrected chi connectivity index (χ4v) is 1.72. The van der Waals surface area contributed by atoms with E-state index < -0.39 is 14.0 Å². The molecule has 0 saturated carbocycles. The maximum atomic E-state index is 10.9. The van der Waals surface area contributed by atoms with E-state index in [0.29, 0.717) is 13.2 Å². The number of hydrogen-bond acceptors (Lipinski definition) is 3. The third-order valence-corrected chi connectivity index (χ3v) is 7.57. The lowest BCUT2D eigenvalue weighted by atomic mass is 10.2. The van der Waals surface area contributed by atoms with Gasteiger partial charge in [0.25, 0.3) is 0 Å². The van der Waals surface area contributed by atoms with Crippen LogP contribution in [0, 0.1) is 11.5 Å². The van der Waals surface area contributed by atoms with Crippen molar-refractivity contribution in [3.8, 4) is 11.5 Å². The standard InChI is InChI=1S/C14H24O3Si/c1-7-17-13(15)9-11-16-10-8-12-18(5,6)14(2,3)4/h9,11H,7,10H2,1-6H3/b11-9+. The second-order valence-corrected chi connectivity index (χ2v) is 10.5. The molecule has 0 fully saturated rings. The normalized spacial score (nSPS) is 11.9. The van der Waals surface area contributed by atoms with Gasteiger partial charge in [-0.25, -0.2) is 4.79 Å². The quantitative estimate of drug-likeness (QED) is 0.196. The molecular weight excluding hydrogens is 244 g/mol. The summed E-state index contributed by atoms with van der Waals surface area (Å²) >= 11 is 0. The van der Waals surface area contributed by atoms with Gasteiger partial charge in [-0.05, 0) is 12.0 Å². The first-order valence-corrected chi connectivity index (χ1v) is 9.15. The first-order chi connectivity index (χ1) is 8.20. The Bertz CT molecular complexity index is 353. The monoisotopic (exact) mass is 268 g/mol. The van der Waals surface area contributed by atoms with E-state index in [2.05, 4.69) is 45.3 Å². The van der Waals surface area contributed by atoms with Crippen LogP contribution in [-0.2, 0) is 14.3 Å². The topological polar surface area (TPSA) is 35.5 Å². The van der Waals surface area contributed by atoms with Gasteiger partial charge in [0.05, 0.1) is 18.9 Å². The van der Waals surface area contributed by atoms with Crippen LogP contribution >= 0.6 is 0 Å². The van der Waals surface area contributed by atoms with Crippen molar-refractivity contribution in [2.45, 2.75) is 45.8 Å². The number of carbonyl (C=O) groups is 1. The van der Waals surface area contributed by atoms with E-state index in [1.165, 1.54) is 12.3 Å². The van der Waals surface area contributed by atoms with Crippen molar-refractivity contribution in [3.63, 3.8) is 0 Å². The minimum Gasteiger partial charge on any atom is -0.488 e. The summed E-state index contributed by atoms with van der Waals surface area (Å²) in [4.78, 5) is 10.9. The predicted molar refractivity (Wildman–Crippen MR) is 76.7 cm³/mol. The lowest BCUT2D eigenvalue weighted by Crippen LogP contribution is -2.35. The molecule has 0 heterocycles. The fourth-order valence-electron chi connectivity index (χ4n) is 0.828. The molecule has 0 aromatic rings. The van der Waals surface area contributed by atoms with Gasteiger partial charge in [0.15, 0.2) is 0 Å². The molecule has 0 spiro atoms. The molecule has 0 aliphatic carbocycles. The lowest BCUT2D eigenvalue weighted by Gasteiger charge is -2.31. The van der Waals surface area contributed by atoms with E-state index in [4.69, 9.17) is 9.47 Å². The summed E-state index contributed by atoms with van der Waals surface area (Å²) in [5, 5.41) is 0.251. The summed E-state index contributed by atoms with van der Waals surface area (Å²) in [6.45, 7) is 13.6. The Morgan fingerprint density at radius 1 is 1.33 bits per heavy atom. The maximum Gasteiger partial charge on any atom is 0.333 e. The summed E-state index contributed by atoms with van der Waals surface area (Å²) < 4.78 is 9.84. The molecule has 0 aliphatic heterocycles. The molecule has 0 aromatic heterocycles. The minimum absolute atomic E-state index is 0.251. The van der Waals surface area contributed by atoms with Crippen molar-refractivity contribution in [3.05, 3.63) is 12.3 Å². The first-order valence-electron chi connectivity index (χ1n) is 6.15. The van der Waals surface area contributed by atoms with Gasteiger partial charge in [0.1, 0.15) is 14.7 Å². The Morgan fingerprint density at radius 3 is 2.44 bits per heavy atom. The van der Waals surface area contributed by atoms with Crippen molar-refractivity contribution >= 4 is 14.0 Å². The van der Waals surface area contributed by atoms with Crippen molar-refractivity contribution in [1.82, 2.24) is 0 Å². The van der Waals surface area contributed by atoms with E-state index >= 15 is 0 Å². The number of carbonyl (C=O) groups excluding carboxylic acids is 1. The van der Waals surface area contributed by atoms with Crippen LogP contribution in [-0.4, -0.2) is 27.3 Å². The number of hydrogen-bond donors (Lipinski definition) is 0. The van der Waals surface area contributed by atoms with Crippen LogP contribution in [0.3, 0.4) is 0 Å². The Balaban J connectivity index is 4.11. The number of ether oxygens (including phenoxy) is 2. The van der Waals surface area contributed by atoms with Crippen molar-refractivity contribution < 1.29 is 14.3 Å². The Morgan fingerprint density at radius 2 is 1.94 bits per heavy atom. The van der Waals surface area contributed by atoms with Gasteiger partial charge in [-0.15, -0.1) is 5.54 Å². The van der Waals surface area contributed by atoms with E-state index in [1.54, 1.807) is 6.92 Å². The molecular formula is C14H24O3Si. The molecule has 0 rings (SSSR count). The largest absolute Gasteiger partial charge is 0.488 e. The molecule has 102 valence electrons. The summed E-state index contributed by atoms with van der Waals surface area (Å²) in [6.07, 6.45) is 2.59. The second-order valence-electron chi connectivity index (χ2n) is 5.54. The van der Waals surface area contributed by atoms with Gasteiger partial charge < -0.3 is 9.47 Å². The Kier molecular flexibility index (Phi) is 6.78. The molecule has 0 unspecified atom stereocenters. The van der Waals surface area contributed by atoms with Gasteiger partial charge in [0, 0.05) is 0 Å². The van der Waals surface area contributed by atoms with Gasteiger partial charge in [-0.2, -0.15) is 0 Å². The molecule has 0 atom stereocenters. The summed E-state index contributed by atoms with van der Waals surface area (Å²) in [5.74, 6) is 2.63. The van der Waals surface area contributed by atoms with Crippen LogP contribution in [0.1, 0.15) is 27.7 Å². The number of esters is 1. The van der Waals surface area contributed by atoms with Gasteiger partial charge in [0.2, 0.25) is 0 Å². The molecule has 0 aliphatic rings. The first kappa shape index (κ1) is 16.8. The zero-order valence-corrected chi connectivity index (χ0v) is 13.3. The SMILES string of the molecule is CCOC(=O)/C=C/OCC#C[Si](C)(C)C(C)(C)C. The smallest absolute Gasteiger partial charge is 0.333 e. The molecule has 0 radical (unpaired) electrons. The Labute approximate surface area is 112 Å². The third-order valence-electron chi connectivity index (χ3n) is 3.02. The number of rotatable bonds is 4. The fraction of sp³-hybridized carbons (Fsp3) is 0.643. The molecule has 0 amide bonds. The van der Waals surface area contributed by atoms with Crippen molar-refractivity contribution in [2.75, 3.05) is 13.2 Å². The van der Waals surface area contributed by atoms with Crippen LogP contribution < -0.4 is 0 Å². The molecule has 0 saturated heterocycles. The van der Waals surface area contributed by atoms with Crippen molar-refractivity contribution in [1.29, 1.82) is 0 Å². The minimum atomic E-state index is -1.56. The molecule has 0 bridgehead atoms. The summed E-state index contributed by atoms with van der Waals surface area (Å²) in [6, 6.07) is 0. The molecule has 18 heavy (non-hydrogen) atoms. The maximum absolute atomic E-state index is 10.9. The van der Waals surface area contributed by atoms with E-state index in [1.807, 2.05) is 0 Å². The van der Waals surface area contributed by atoms with E-state index in [0.717, 1.165) is 0 Å².